The van der Waals surface area contributed by atoms with Gasteiger partial charge in [0.1, 0.15) is 11.2 Å². The normalized spacial score (nSPS) is 15.9. The molecule has 0 unspecified atom stereocenters. The lowest BCUT2D eigenvalue weighted by molar-refractivity contribution is 0.0188. The SMILES string of the molecule is CC(C)(C)OC(=O)N1CCC(n2c(=O)ccn3nc4cccc(CBr)c4c23)CC1. The van der Waals surface area contributed by atoms with Crippen molar-refractivity contribution in [3.63, 3.8) is 0 Å². The summed E-state index contributed by atoms with van der Waals surface area (Å²) >= 11 is 3.55. The first-order chi connectivity index (χ1) is 13.8. The predicted molar refractivity (Wildman–Crippen MR) is 116 cm³/mol. The highest BCUT2D eigenvalue weighted by Gasteiger charge is 2.29. The van der Waals surface area contributed by atoms with Crippen LogP contribution in [0.15, 0.2) is 35.3 Å². The van der Waals surface area contributed by atoms with Gasteiger partial charge in [-0.05, 0) is 45.2 Å². The average Bonchev–Trinajstić information content (AvgIpc) is 3.05. The first kappa shape index (κ1) is 19.9. The van der Waals surface area contributed by atoms with Crippen LogP contribution in [0.5, 0.6) is 0 Å². The number of amides is 1. The number of rotatable bonds is 2. The number of fused-ring (bicyclic) bond motifs is 3. The van der Waals surface area contributed by atoms with Gasteiger partial charge in [0.05, 0.1) is 5.52 Å². The first-order valence-electron chi connectivity index (χ1n) is 9.84. The number of benzene rings is 1. The fourth-order valence-electron chi connectivity index (χ4n) is 3.96. The van der Waals surface area contributed by atoms with Crippen LogP contribution in [-0.4, -0.2) is 43.9 Å². The number of nitrogens with zero attached hydrogens (tertiary/aromatic N) is 4. The van der Waals surface area contributed by atoms with E-state index in [-0.39, 0.29) is 17.7 Å². The maximum atomic E-state index is 12.9. The lowest BCUT2D eigenvalue weighted by Gasteiger charge is -2.34. The molecular formula is C21H25BrN4O3. The topological polar surface area (TPSA) is 68.8 Å². The number of carbonyl (C=O) groups excluding carboxylic acids is 1. The summed E-state index contributed by atoms with van der Waals surface area (Å²) in [6.45, 7) is 6.72. The molecular weight excluding hydrogens is 436 g/mol. The molecule has 0 spiro atoms. The second-order valence-corrected chi connectivity index (χ2v) is 9.00. The van der Waals surface area contributed by atoms with Crippen molar-refractivity contribution >= 4 is 38.6 Å². The predicted octanol–water partition coefficient (Wildman–Crippen LogP) is 4.12. The summed E-state index contributed by atoms with van der Waals surface area (Å²) in [5.41, 5.74) is 2.23. The van der Waals surface area contributed by atoms with E-state index in [1.807, 2.05) is 43.5 Å². The third kappa shape index (κ3) is 3.77. The van der Waals surface area contributed by atoms with Crippen LogP contribution in [-0.2, 0) is 10.1 Å². The van der Waals surface area contributed by atoms with Crippen LogP contribution >= 0.6 is 15.9 Å². The first-order valence-corrected chi connectivity index (χ1v) is 11.0. The minimum absolute atomic E-state index is 0.00756. The zero-order valence-corrected chi connectivity index (χ0v) is 18.5. The Morgan fingerprint density at radius 2 is 1.97 bits per heavy atom. The van der Waals surface area contributed by atoms with Crippen molar-refractivity contribution in [2.75, 3.05) is 13.1 Å². The Morgan fingerprint density at radius 3 is 2.62 bits per heavy atom. The maximum absolute atomic E-state index is 12.9. The van der Waals surface area contributed by atoms with Gasteiger partial charge in [0.2, 0.25) is 0 Å². The molecule has 2 aromatic heterocycles. The van der Waals surface area contributed by atoms with Gasteiger partial charge in [-0.3, -0.25) is 9.36 Å². The number of hydrogen-bond acceptors (Lipinski definition) is 4. The Morgan fingerprint density at radius 1 is 1.24 bits per heavy atom. The molecule has 1 amide bonds. The molecule has 0 saturated carbocycles. The molecule has 0 atom stereocenters. The highest BCUT2D eigenvalue weighted by molar-refractivity contribution is 9.08. The molecule has 1 aliphatic heterocycles. The van der Waals surface area contributed by atoms with E-state index in [1.54, 1.807) is 21.7 Å². The Bertz CT molecular complexity index is 1120. The number of halogens is 1. The highest BCUT2D eigenvalue weighted by Crippen LogP contribution is 2.29. The molecule has 0 bridgehead atoms. The van der Waals surface area contributed by atoms with Gasteiger partial charge in [0, 0.05) is 42.1 Å². The standard InChI is InChI=1S/C21H25BrN4O3/c1-21(2,3)29-20(28)24-10-7-15(8-11-24)26-17(27)9-12-25-19(26)18-14(13-22)5-4-6-16(18)23-25/h4-6,9,12,15H,7-8,10-11,13H2,1-3H3. The largest absolute Gasteiger partial charge is 0.444 e. The molecule has 3 aromatic rings. The molecule has 29 heavy (non-hydrogen) atoms. The molecule has 0 N–H and O–H groups in total. The molecule has 1 saturated heterocycles. The molecule has 1 aliphatic rings. The van der Waals surface area contributed by atoms with E-state index >= 15 is 0 Å². The quantitative estimate of drug-likeness (QED) is 0.539. The van der Waals surface area contributed by atoms with Crippen LogP contribution in [0.1, 0.15) is 45.2 Å². The molecule has 4 rings (SSSR count). The molecule has 1 fully saturated rings. The van der Waals surface area contributed by atoms with Crippen LogP contribution in [0.25, 0.3) is 16.6 Å². The van der Waals surface area contributed by atoms with Crippen molar-refractivity contribution in [1.29, 1.82) is 0 Å². The summed E-state index contributed by atoms with van der Waals surface area (Å²) in [6.07, 6.45) is 2.82. The van der Waals surface area contributed by atoms with Crippen LogP contribution in [0.3, 0.4) is 0 Å². The smallest absolute Gasteiger partial charge is 0.410 e. The average molecular weight is 461 g/mol. The molecule has 7 nitrogen and oxygen atoms in total. The van der Waals surface area contributed by atoms with Crippen molar-refractivity contribution in [2.24, 2.45) is 0 Å². The lowest BCUT2D eigenvalue weighted by Crippen LogP contribution is -2.43. The third-order valence-corrected chi connectivity index (χ3v) is 5.84. The van der Waals surface area contributed by atoms with Crippen LogP contribution in [0, 0.1) is 0 Å². The number of alkyl halides is 1. The Hall–Kier alpha value is -2.35. The molecule has 154 valence electrons. The van der Waals surface area contributed by atoms with Crippen molar-refractivity contribution in [2.45, 2.75) is 50.6 Å². The van der Waals surface area contributed by atoms with E-state index < -0.39 is 5.60 Å². The van der Waals surface area contributed by atoms with Gasteiger partial charge < -0.3 is 9.64 Å². The fraction of sp³-hybridized carbons (Fsp3) is 0.476. The summed E-state index contributed by atoms with van der Waals surface area (Å²) in [7, 11) is 0. The zero-order valence-electron chi connectivity index (χ0n) is 16.9. The van der Waals surface area contributed by atoms with Gasteiger partial charge in [-0.15, -0.1) is 0 Å². The van der Waals surface area contributed by atoms with Gasteiger partial charge in [-0.1, -0.05) is 28.1 Å². The Kier molecular flexibility index (Phi) is 5.14. The van der Waals surface area contributed by atoms with Gasteiger partial charge in [0.15, 0.2) is 0 Å². The summed E-state index contributed by atoms with van der Waals surface area (Å²) in [5.74, 6) is 0. The van der Waals surface area contributed by atoms with E-state index in [0.29, 0.717) is 31.3 Å². The van der Waals surface area contributed by atoms with Crippen LogP contribution in [0.2, 0.25) is 0 Å². The Balaban J connectivity index is 1.69. The second-order valence-electron chi connectivity index (χ2n) is 8.44. The Labute approximate surface area is 177 Å². The van der Waals surface area contributed by atoms with Crippen molar-refractivity contribution < 1.29 is 9.53 Å². The number of piperidine rings is 1. The minimum atomic E-state index is -0.515. The number of ether oxygens (including phenoxy) is 1. The van der Waals surface area contributed by atoms with Gasteiger partial charge in [0.25, 0.3) is 5.56 Å². The molecule has 3 heterocycles. The maximum Gasteiger partial charge on any atom is 0.410 e. The van der Waals surface area contributed by atoms with Gasteiger partial charge >= 0.3 is 6.09 Å². The monoisotopic (exact) mass is 460 g/mol. The number of aromatic nitrogens is 3. The van der Waals surface area contributed by atoms with E-state index in [2.05, 4.69) is 21.0 Å². The lowest BCUT2D eigenvalue weighted by atomic mass is 10.0. The summed E-state index contributed by atoms with van der Waals surface area (Å²) < 4.78 is 9.13. The van der Waals surface area contributed by atoms with Gasteiger partial charge in [-0.2, -0.15) is 5.10 Å². The van der Waals surface area contributed by atoms with Crippen molar-refractivity contribution in [3.8, 4) is 0 Å². The fourth-order valence-corrected chi connectivity index (χ4v) is 4.42. The van der Waals surface area contributed by atoms with E-state index in [1.165, 1.54) is 0 Å². The molecule has 0 radical (unpaired) electrons. The van der Waals surface area contributed by atoms with Crippen molar-refractivity contribution in [1.82, 2.24) is 19.1 Å². The summed E-state index contributed by atoms with van der Waals surface area (Å²) in [6, 6.07) is 7.56. The molecule has 1 aromatic carbocycles. The highest BCUT2D eigenvalue weighted by atomic mass is 79.9. The molecule has 8 heteroatoms. The number of likely N-dealkylation sites (tertiary alicyclic amines) is 1. The third-order valence-electron chi connectivity index (χ3n) is 5.23. The van der Waals surface area contributed by atoms with Crippen LogP contribution in [0.4, 0.5) is 4.79 Å². The zero-order chi connectivity index (χ0) is 20.8. The van der Waals surface area contributed by atoms with E-state index in [4.69, 9.17) is 4.74 Å². The second kappa shape index (κ2) is 7.48. The van der Waals surface area contributed by atoms with Gasteiger partial charge in [-0.25, -0.2) is 9.31 Å². The summed E-state index contributed by atoms with van der Waals surface area (Å²) in [5, 5.41) is 6.34. The molecule has 0 aliphatic carbocycles. The number of carbonyl (C=O) groups is 1. The minimum Gasteiger partial charge on any atom is -0.444 e. The van der Waals surface area contributed by atoms with Crippen molar-refractivity contribution in [3.05, 3.63) is 46.4 Å². The summed E-state index contributed by atoms with van der Waals surface area (Å²) in [4.78, 5) is 27.0. The van der Waals surface area contributed by atoms with Crippen LogP contribution < -0.4 is 5.56 Å². The number of hydrogen-bond donors (Lipinski definition) is 0. The van der Waals surface area contributed by atoms with E-state index in [9.17, 15) is 9.59 Å². The van der Waals surface area contributed by atoms with E-state index in [0.717, 1.165) is 22.1 Å².